The van der Waals surface area contributed by atoms with Crippen LogP contribution in [0.2, 0.25) is 0 Å². The number of rotatable bonds is 4. The molecule has 2 heterocycles. The van der Waals surface area contributed by atoms with Crippen molar-refractivity contribution in [2.45, 2.75) is 39.0 Å². The number of H-pyrrole nitrogens is 1. The van der Waals surface area contributed by atoms with Gasteiger partial charge in [-0.15, -0.1) is 0 Å². The smallest absolute Gasteiger partial charge is 0.0926 e. The van der Waals surface area contributed by atoms with Crippen molar-refractivity contribution in [2.75, 3.05) is 0 Å². The van der Waals surface area contributed by atoms with Gasteiger partial charge in [0.25, 0.3) is 0 Å². The minimum Gasteiger partial charge on any atom is -0.361 e. The molecule has 0 aliphatic rings. The van der Waals surface area contributed by atoms with Crippen LogP contribution < -0.4 is 0 Å². The van der Waals surface area contributed by atoms with Gasteiger partial charge in [-0.2, -0.15) is 5.10 Å². The van der Waals surface area contributed by atoms with Gasteiger partial charge in [0, 0.05) is 35.7 Å². The van der Waals surface area contributed by atoms with E-state index in [-0.39, 0.29) is 0 Å². The summed E-state index contributed by atoms with van der Waals surface area (Å²) in [5.74, 6) is 0.995. The van der Waals surface area contributed by atoms with Gasteiger partial charge < -0.3 is 4.98 Å². The molecule has 0 amide bonds. The first kappa shape index (κ1) is 15.9. The molecule has 0 saturated carbocycles. The Morgan fingerprint density at radius 3 is 2.72 bits per heavy atom. The molecular formula is C22H25N3. The fraction of sp³-hybridized carbons (Fsp3) is 0.318. The molecule has 4 rings (SSSR count). The Kier molecular flexibility index (Phi) is 3.87. The summed E-state index contributed by atoms with van der Waals surface area (Å²) in [7, 11) is 1.99. The van der Waals surface area contributed by atoms with Gasteiger partial charge in [0.15, 0.2) is 0 Å². The molecule has 25 heavy (non-hydrogen) atoms. The van der Waals surface area contributed by atoms with E-state index in [9.17, 15) is 0 Å². The molecule has 1 unspecified atom stereocenters. The lowest BCUT2D eigenvalue weighted by Gasteiger charge is -2.13. The SMILES string of the molecule is CC(C)c1ccc2c(CC(C)c3cccc4nn(C)cc34)c[nH]c2c1. The van der Waals surface area contributed by atoms with Crippen LogP contribution >= 0.6 is 0 Å². The number of hydrogen-bond donors (Lipinski definition) is 1. The molecule has 1 N–H and O–H groups in total. The first-order chi connectivity index (χ1) is 12.0. The van der Waals surface area contributed by atoms with E-state index in [0.29, 0.717) is 11.8 Å². The predicted octanol–water partition coefficient (Wildman–Crippen LogP) is 5.52. The molecule has 0 aliphatic heterocycles. The summed E-state index contributed by atoms with van der Waals surface area (Å²) in [4.78, 5) is 3.47. The Labute approximate surface area is 148 Å². The topological polar surface area (TPSA) is 33.6 Å². The maximum absolute atomic E-state index is 4.54. The third-order valence-electron chi connectivity index (χ3n) is 5.21. The molecule has 2 aromatic carbocycles. The molecule has 3 heteroatoms. The average Bonchev–Trinajstić information content (AvgIpc) is 3.16. The highest BCUT2D eigenvalue weighted by atomic mass is 15.2. The van der Waals surface area contributed by atoms with Crippen LogP contribution in [0.25, 0.3) is 21.8 Å². The number of aromatic nitrogens is 3. The van der Waals surface area contributed by atoms with Gasteiger partial charge in [0.05, 0.1) is 5.52 Å². The standard InChI is InChI=1S/C22H25N3/c1-14(2)16-8-9-19-17(12-23-22(19)11-16)10-15(3)18-6-5-7-21-20(18)13-25(4)24-21/h5-9,11-15,23H,10H2,1-4H3. The van der Waals surface area contributed by atoms with Crippen LogP contribution in [-0.2, 0) is 13.5 Å². The Bertz CT molecular complexity index is 1040. The zero-order valence-corrected chi connectivity index (χ0v) is 15.4. The predicted molar refractivity (Wildman–Crippen MR) is 105 cm³/mol. The van der Waals surface area contributed by atoms with Crippen molar-refractivity contribution >= 4 is 21.8 Å². The number of hydrogen-bond acceptors (Lipinski definition) is 1. The molecule has 1 atom stereocenters. The van der Waals surface area contributed by atoms with Gasteiger partial charge in [-0.1, -0.05) is 45.0 Å². The molecule has 128 valence electrons. The lowest BCUT2D eigenvalue weighted by Crippen LogP contribution is -1.98. The fourth-order valence-corrected chi connectivity index (χ4v) is 3.79. The quantitative estimate of drug-likeness (QED) is 0.524. The molecule has 4 aromatic rings. The first-order valence-corrected chi connectivity index (χ1v) is 9.05. The molecule has 2 aromatic heterocycles. The van der Waals surface area contributed by atoms with E-state index in [1.807, 2.05) is 11.7 Å². The highest BCUT2D eigenvalue weighted by Crippen LogP contribution is 2.31. The number of aryl methyl sites for hydroxylation is 1. The van der Waals surface area contributed by atoms with Gasteiger partial charge >= 0.3 is 0 Å². The van der Waals surface area contributed by atoms with Gasteiger partial charge in [0.1, 0.15) is 0 Å². The van der Waals surface area contributed by atoms with Crippen LogP contribution in [0, 0.1) is 0 Å². The third-order valence-corrected chi connectivity index (χ3v) is 5.21. The minimum atomic E-state index is 0.441. The van der Waals surface area contributed by atoms with E-state index in [1.54, 1.807) is 0 Å². The minimum absolute atomic E-state index is 0.441. The Morgan fingerprint density at radius 1 is 1.08 bits per heavy atom. The van der Waals surface area contributed by atoms with Crippen molar-refractivity contribution in [3.63, 3.8) is 0 Å². The van der Waals surface area contributed by atoms with Crippen molar-refractivity contribution in [1.82, 2.24) is 14.8 Å². The lowest BCUT2D eigenvalue weighted by atomic mass is 9.91. The van der Waals surface area contributed by atoms with Gasteiger partial charge in [0.2, 0.25) is 0 Å². The zero-order chi connectivity index (χ0) is 17.6. The average molecular weight is 331 g/mol. The van der Waals surface area contributed by atoms with E-state index < -0.39 is 0 Å². The highest BCUT2D eigenvalue weighted by Gasteiger charge is 2.14. The molecule has 3 nitrogen and oxygen atoms in total. The Balaban J connectivity index is 1.68. The van der Waals surface area contributed by atoms with Crippen molar-refractivity contribution in [2.24, 2.45) is 7.05 Å². The molecule has 0 fully saturated rings. The molecule has 0 aliphatic carbocycles. The molecule has 0 bridgehead atoms. The second-order valence-corrected chi connectivity index (χ2v) is 7.46. The van der Waals surface area contributed by atoms with Crippen LogP contribution in [0.5, 0.6) is 0 Å². The summed E-state index contributed by atoms with van der Waals surface area (Å²) in [6.45, 7) is 6.78. The molecule has 0 spiro atoms. The number of nitrogens with zero attached hydrogens (tertiary/aromatic N) is 2. The molecule has 0 saturated heterocycles. The third kappa shape index (κ3) is 2.84. The van der Waals surface area contributed by atoms with Crippen molar-refractivity contribution < 1.29 is 0 Å². The summed E-state index contributed by atoms with van der Waals surface area (Å²) in [5.41, 5.74) is 6.46. The van der Waals surface area contributed by atoms with E-state index in [2.05, 4.69) is 79.6 Å². The highest BCUT2D eigenvalue weighted by molar-refractivity contribution is 5.85. The number of benzene rings is 2. The Hall–Kier alpha value is -2.55. The van der Waals surface area contributed by atoms with Crippen LogP contribution in [-0.4, -0.2) is 14.8 Å². The number of nitrogens with one attached hydrogen (secondary N) is 1. The summed E-state index contributed by atoms with van der Waals surface area (Å²) >= 11 is 0. The first-order valence-electron chi connectivity index (χ1n) is 9.05. The van der Waals surface area contributed by atoms with Crippen LogP contribution in [0.4, 0.5) is 0 Å². The van der Waals surface area contributed by atoms with Crippen LogP contribution in [0.3, 0.4) is 0 Å². The largest absolute Gasteiger partial charge is 0.361 e. The number of aromatic amines is 1. The maximum Gasteiger partial charge on any atom is 0.0926 e. The second kappa shape index (κ2) is 6.07. The van der Waals surface area contributed by atoms with Gasteiger partial charge in [-0.25, -0.2) is 0 Å². The maximum atomic E-state index is 4.54. The van der Waals surface area contributed by atoms with E-state index in [1.165, 1.54) is 33.0 Å². The van der Waals surface area contributed by atoms with Crippen LogP contribution in [0.1, 0.15) is 49.3 Å². The molecular weight excluding hydrogens is 306 g/mol. The summed E-state index contributed by atoms with van der Waals surface area (Å²) in [5, 5.41) is 7.15. The number of fused-ring (bicyclic) bond motifs is 2. The van der Waals surface area contributed by atoms with E-state index in [4.69, 9.17) is 0 Å². The van der Waals surface area contributed by atoms with E-state index >= 15 is 0 Å². The summed E-state index contributed by atoms with van der Waals surface area (Å²) in [6.07, 6.45) is 5.33. The fourth-order valence-electron chi connectivity index (χ4n) is 3.79. The molecule has 0 radical (unpaired) electrons. The zero-order valence-electron chi connectivity index (χ0n) is 15.4. The van der Waals surface area contributed by atoms with Crippen LogP contribution in [0.15, 0.2) is 48.8 Å². The van der Waals surface area contributed by atoms with E-state index in [0.717, 1.165) is 11.9 Å². The monoisotopic (exact) mass is 331 g/mol. The summed E-state index contributed by atoms with van der Waals surface area (Å²) < 4.78 is 1.90. The van der Waals surface area contributed by atoms with Crippen molar-refractivity contribution in [3.05, 3.63) is 65.5 Å². The van der Waals surface area contributed by atoms with Crippen molar-refractivity contribution in [3.8, 4) is 0 Å². The van der Waals surface area contributed by atoms with Gasteiger partial charge in [-0.3, -0.25) is 4.68 Å². The summed E-state index contributed by atoms with van der Waals surface area (Å²) in [6, 6.07) is 13.3. The van der Waals surface area contributed by atoms with Gasteiger partial charge in [-0.05, 0) is 47.1 Å². The normalized spacial score (nSPS) is 13.2. The Morgan fingerprint density at radius 2 is 1.92 bits per heavy atom. The van der Waals surface area contributed by atoms with Crippen molar-refractivity contribution in [1.29, 1.82) is 0 Å². The second-order valence-electron chi connectivity index (χ2n) is 7.46. The lowest BCUT2D eigenvalue weighted by molar-refractivity contribution is 0.767.